The van der Waals surface area contributed by atoms with E-state index in [1.807, 2.05) is 56.3 Å². The van der Waals surface area contributed by atoms with Crippen LogP contribution >= 0.6 is 0 Å². The lowest BCUT2D eigenvalue weighted by molar-refractivity contribution is -0.142. The number of amides is 7. The minimum atomic E-state index is -1.21. The molecular weight excluding hydrogens is 773 g/mol. The van der Waals surface area contributed by atoms with E-state index in [4.69, 9.17) is 5.73 Å². The molecule has 3 rings (SSSR count). The molecule has 322 valence electrons. The molecule has 17 heteroatoms. The molecule has 0 spiro atoms. The van der Waals surface area contributed by atoms with Crippen molar-refractivity contribution in [2.24, 2.45) is 11.7 Å². The Kier molecular flexibility index (Phi) is 18.9. The van der Waals surface area contributed by atoms with Gasteiger partial charge in [-0.15, -0.1) is 0 Å². The van der Waals surface area contributed by atoms with Gasteiger partial charge in [-0.3, -0.25) is 33.6 Å². The number of carbonyl (C=O) groups is 8. The molecule has 0 saturated carbocycles. The maximum absolute atomic E-state index is 13.5. The summed E-state index contributed by atoms with van der Waals surface area (Å²) in [5.41, 5.74) is 8.83. The second-order valence-corrected chi connectivity index (χ2v) is 14.9. The number of carboxylic acids is 1. The normalized spacial score (nSPS) is 13.8. The summed E-state index contributed by atoms with van der Waals surface area (Å²) in [4.78, 5) is 102. The van der Waals surface area contributed by atoms with E-state index in [0.717, 1.165) is 11.1 Å². The maximum atomic E-state index is 13.5. The van der Waals surface area contributed by atoms with Crippen molar-refractivity contribution in [1.29, 1.82) is 0 Å². The van der Waals surface area contributed by atoms with Gasteiger partial charge in [-0.2, -0.15) is 0 Å². The van der Waals surface area contributed by atoms with Crippen LogP contribution in [0.4, 0.5) is 0 Å². The number of nitrogens with one attached hydrogen (secondary N) is 7. The largest absolute Gasteiger partial charge is 0.480 e. The van der Waals surface area contributed by atoms with E-state index in [0.29, 0.717) is 11.1 Å². The quantitative estimate of drug-likeness (QED) is 0.0670. The first-order chi connectivity index (χ1) is 28.4. The van der Waals surface area contributed by atoms with Crippen molar-refractivity contribution in [2.75, 3.05) is 13.1 Å². The van der Waals surface area contributed by atoms with Crippen molar-refractivity contribution in [1.82, 2.24) is 37.2 Å². The fraction of sp³-hybridized carbons (Fsp3) is 0.395. The predicted molar refractivity (Wildman–Crippen MR) is 223 cm³/mol. The minimum Gasteiger partial charge on any atom is -0.480 e. The Morgan fingerprint density at radius 3 is 1.52 bits per heavy atom. The zero-order valence-corrected chi connectivity index (χ0v) is 34.5. The number of carboxylic acid groups (broad SMARTS) is 1. The smallest absolute Gasteiger partial charge is 0.326 e. The van der Waals surface area contributed by atoms with Gasteiger partial charge in [0.25, 0.3) is 0 Å². The van der Waals surface area contributed by atoms with Crippen LogP contribution in [0.25, 0.3) is 11.1 Å². The molecule has 60 heavy (non-hydrogen) atoms. The number of rotatable bonds is 22. The molecule has 0 aliphatic rings. The van der Waals surface area contributed by atoms with Crippen LogP contribution in [0.2, 0.25) is 0 Å². The van der Waals surface area contributed by atoms with Crippen LogP contribution in [0.15, 0.2) is 84.9 Å². The molecule has 0 fully saturated rings. The Morgan fingerprint density at radius 1 is 0.500 bits per heavy atom. The highest BCUT2D eigenvalue weighted by Gasteiger charge is 2.29. The van der Waals surface area contributed by atoms with Gasteiger partial charge in [0.1, 0.15) is 30.2 Å². The van der Waals surface area contributed by atoms with Crippen LogP contribution in [0.3, 0.4) is 0 Å². The summed E-state index contributed by atoms with van der Waals surface area (Å²) in [5, 5.41) is 27.1. The second kappa shape index (κ2) is 23.7. The molecule has 0 unspecified atom stereocenters. The highest BCUT2D eigenvalue weighted by molar-refractivity contribution is 5.96. The third-order valence-corrected chi connectivity index (χ3v) is 9.18. The lowest BCUT2D eigenvalue weighted by Gasteiger charge is -2.23. The lowest BCUT2D eigenvalue weighted by Crippen LogP contribution is -2.57. The Bertz CT molecular complexity index is 1940. The van der Waals surface area contributed by atoms with Crippen LogP contribution in [0.5, 0.6) is 0 Å². The summed E-state index contributed by atoms with van der Waals surface area (Å²) in [6, 6.07) is 19.2. The van der Waals surface area contributed by atoms with Gasteiger partial charge in [-0.1, -0.05) is 98.8 Å². The zero-order chi connectivity index (χ0) is 44.4. The molecule has 3 aromatic rings. The first-order valence-corrected chi connectivity index (χ1v) is 19.6. The van der Waals surface area contributed by atoms with Crippen LogP contribution in [-0.2, 0) is 51.2 Å². The highest BCUT2D eigenvalue weighted by Crippen LogP contribution is 2.20. The van der Waals surface area contributed by atoms with Crippen molar-refractivity contribution in [2.45, 2.75) is 90.1 Å². The Balaban J connectivity index is 1.66. The molecular formula is C43H56N8O9. The van der Waals surface area contributed by atoms with Crippen molar-refractivity contribution >= 4 is 47.3 Å². The summed E-state index contributed by atoms with van der Waals surface area (Å²) in [7, 11) is 0. The van der Waals surface area contributed by atoms with E-state index >= 15 is 0 Å². The molecule has 0 aliphatic carbocycles. The molecule has 7 amide bonds. The third kappa shape index (κ3) is 16.3. The molecule has 10 N–H and O–H groups in total. The van der Waals surface area contributed by atoms with Crippen LogP contribution in [0, 0.1) is 5.92 Å². The predicted octanol–water partition coefficient (Wildman–Crippen LogP) is 0.313. The molecule has 0 heterocycles. The summed E-state index contributed by atoms with van der Waals surface area (Å²) < 4.78 is 0. The van der Waals surface area contributed by atoms with Crippen molar-refractivity contribution in [3.05, 3.63) is 96.1 Å². The topological polar surface area (TPSA) is 267 Å². The average molecular weight is 829 g/mol. The molecule has 17 nitrogen and oxygen atoms in total. The Labute approximate surface area is 349 Å². The van der Waals surface area contributed by atoms with E-state index in [1.165, 1.54) is 20.8 Å². The van der Waals surface area contributed by atoms with Gasteiger partial charge in [0.15, 0.2) is 0 Å². The first kappa shape index (κ1) is 47.8. The van der Waals surface area contributed by atoms with Gasteiger partial charge in [0.05, 0.1) is 19.1 Å². The van der Waals surface area contributed by atoms with Crippen molar-refractivity contribution in [3.8, 4) is 11.1 Å². The van der Waals surface area contributed by atoms with Gasteiger partial charge in [0.2, 0.25) is 41.4 Å². The van der Waals surface area contributed by atoms with Gasteiger partial charge in [-0.05, 0) is 55.4 Å². The first-order valence-electron chi connectivity index (χ1n) is 19.6. The van der Waals surface area contributed by atoms with E-state index < -0.39 is 96.7 Å². The Morgan fingerprint density at radius 2 is 0.967 bits per heavy atom. The molecule has 0 saturated heterocycles. The number of aliphatic carboxylic acids is 1. The van der Waals surface area contributed by atoms with Crippen LogP contribution in [-0.4, -0.2) is 102 Å². The van der Waals surface area contributed by atoms with Crippen molar-refractivity contribution < 1.29 is 43.5 Å². The average Bonchev–Trinajstić information content (AvgIpc) is 3.21. The van der Waals surface area contributed by atoms with E-state index in [-0.39, 0.29) is 25.2 Å². The summed E-state index contributed by atoms with van der Waals surface area (Å²) in [6.07, 6.45) is 0.220. The van der Waals surface area contributed by atoms with Gasteiger partial charge >= 0.3 is 5.97 Å². The molecule has 3 aromatic carbocycles. The van der Waals surface area contributed by atoms with Gasteiger partial charge < -0.3 is 48.1 Å². The van der Waals surface area contributed by atoms with E-state index in [1.54, 1.807) is 42.5 Å². The second-order valence-electron chi connectivity index (χ2n) is 14.9. The number of hydrogen-bond donors (Lipinski definition) is 9. The fourth-order valence-electron chi connectivity index (χ4n) is 5.82. The van der Waals surface area contributed by atoms with Crippen molar-refractivity contribution in [3.63, 3.8) is 0 Å². The molecule has 0 aromatic heterocycles. The molecule has 0 radical (unpaired) electrons. The van der Waals surface area contributed by atoms with E-state index in [2.05, 4.69) is 37.2 Å². The third-order valence-electron chi connectivity index (χ3n) is 9.18. The van der Waals surface area contributed by atoms with Gasteiger partial charge in [0, 0.05) is 12.8 Å². The van der Waals surface area contributed by atoms with Crippen LogP contribution in [0.1, 0.15) is 52.2 Å². The Hall–Kier alpha value is -6.62. The molecule has 0 aliphatic heterocycles. The SMILES string of the molecule is CC(C)C[C@H](NC(=O)[C@H](Cc1ccccc1)NC(=O)CNC(=O)CNC(=O)[C@H](Cc1ccc(-c2ccccc2)cc1)NC(=O)[C@H](C)NC(=O)[C@H](C)NC(=O)[C@H](C)N)C(=O)O. The molecule has 6 atom stereocenters. The fourth-order valence-corrected chi connectivity index (χ4v) is 5.82. The zero-order valence-electron chi connectivity index (χ0n) is 34.5. The number of carbonyl (C=O) groups excluding carboxylic acids is 7. The monoisotopic (exact) mass is 828 g/mol. The van der Waals surface area contributed by atoms with Crippen LogP contribution < -0.4 is 43.0 Å². The van der Waals surface area contributed by atoms with Gasteiger partial charge in [-0.25, -0.2) is 4.79 Å². The maximum Gasteiger partial charge on any atom is 0.326 e. The highest BCUT2D eigenvalue weighted by atomic mass is 16.4. The summed E-state index contributed by atoms with van der Waals surface area (Å²) >= 11 is 0. The number of hydrogen-bond acceptors (Lipinski definition) is 9. The van der Waals surface area contributed by atoms with E-state index in [9.17, 15) is 43.5 Å². The summed E-state index contributed by atoms with van der Waals surface area (Å²) in [5.74, 6) is -6.13. The number of nitrogens with two attached hydrogens (primary N) is 1. The molecule has 0 bridgehead atoms. The number of benzene rings is 3. The lowest BCUT2D eigenvalue weighted by atomic mass is 10.00. The standard InChI is InChI=1S/C43H56N8O9/c1-25(2)20-35(43(59)60)51-42(58)34(21-29-12-8-6-9-13-29)49-37(53)24-45-36(52)23-46-41(57)33(22-30-16-18-32(19-17-30)31-14-10-7-11-15-31)50-40(56)28(5)48-39(55)27(4)47-38(54)26(3)44/h6-19,25-28,33-35H,20-24,44H2,1-5H3,(H,45,52)(H,46,57)(H,47,54)(H,48,55)(H,49,53)(H,50,56)(H,51,58)(H,59,60)/t26-,27-,28-,33-,34-,35-/m0/s1. The summed E-state index contributed by atoms with van der Waals surface area (Å²) in [6.45, 7) is 6.76. The minimum absolute atomic E-state index is 0.00293.